The number of hydrogen-bond acceptors (Lipinski definition) is 4. The Bertz CT molecular complexity index is 1180. The Morgan fingerprint density at radius 2 is 1.94 bits per heavy atom. The summed E-state index contributed by atoms with van der Waals surface area (Å²) >= 11 is 0. The predicted octanol–water partition coefficient (Wildman–Crippen LogP) is 4.39. The normalized spacial score (nSPS) is 25.1. The molecule has 1 saturated carbocycles. The summed E-state index contributed by atoms with van der Waals surface area (Å²) in [7, 11) is -1.68. The zero-order valence-corrected chi connectivity index (χ0v) is 18.5. The number of benzene rings is 2. The zero-order chi connectivity index (χ0) is 22.4. The van der Waals surface area contributed by atoms with Crippen LogP contribution in [0.2, 0.25) is 0 Å². The molecule has 2 aromatic carbocycles. The fraction of sp³-hybridized carbons (Fsp3) is 0.333. The van der Waals surface area contributed by atoms with Gasteiger partial charge in [-0.05, 0) is 55.2 Å². The number of amidine groups is 1. The van der Waals surface area contributed by atoms with Crippen LogP contribution in [-0.4, -0.2) is 32.0 Å². The Kier molecular flexibility index (Phi) is 5.33. The number of aliphatic hydroxyl groups is 1. The molecule has 3 atom stereocenters. The number of nitrogens with zero attached hydrogens (tertiary/aromatic N) is 2. The second-order valence-electron chi connectivity index (χ2n) is 8.59. The van der Waals surface area contributed by atoms with E-state index in [-0.39, 0.29) is 40.9 Å². The zero-order valence-electron chi connectivity index (χ0n) is 17.7. The lowest BCUT2D eigenvalue weighted by atomic mass is 9.78. The van der Waals surface area contributed by atoms with Crippen molar-refractivity contribution in [2.45, 2.75) is 50.1 Å². The largest absolute Gasteiger partial charge is 0.511 e. The molecular formula is C24H24FN3O3S. The molecule has 1 amide bonds. The molecule has 2 heterocycles. The fourth-order valence-corrected chi connectivity index (χ4v) is 5.85. The number of aliphatic hydroxyl groups excluding tert-OH is 1. The van der Waals surface area contributed by atoms with Gasteiger partial charge in [0.1, 0.15) is 17.1 Å². The summed E-state index contributed by atoms with van der Waals surface area (Å²) in [4.78, 5) is 16.0. The van der Waals surface area contributed by atoms with Gasteiger partial charge in [0.15, 0.2) is 16.8 Å². The molecule has 0 saturated heterocycles. The Morgan fingerprint density at radius 3 is 2.72 bits per heavy atom. The molecule has 1 fully saturated rings. The second kappa shape index (κ2) is 8.16. The molecule has 1 aliphatic carbocycles. The standard InChI is InChI=1S/C24H24FN3O3S/c1-14-6-11-18-20(12-14)32(31)27-23(26-18)21-22(29)17-4-2-3-5-19(17)28(24(21)30)13-15-7-9-16(25)10-8-15/h6-12,17,19,29H,2-5,13H2,1H3,(H,26,27). The fourth-order valence-electron chi connectivity index (χ4n) is 4.86. The van der Waals surface area contributed by atoms with Crippen LogP contribution >= 0.6 is 0 Å². The van der Waals surface area contributed by atoms with E-state index in [2.05, 4.69) is 9.71 Å². The molecule has 6 nitrogen and oxygen atoms in total. The first-order valence-electron chi connectivity index (χ1n) is 10.8. The third-order valence-corrected chi connectivity index (χ3v) is 7.53. The number of amides is 1. The summed E-state index contributed by atoms with van der Waals surface area (Å²) in [6, 6.07) is 11.5. The van der Waals surface area contributed by atoms with Gasteiger partial charge < -0.3 is 15.3 Å². The lowest BCUT2D eigenvalue weighted by Gasteiger charge is -2.44. The van der Waals surface area contributed by atoms with Crippen molar-refractivity contribution >= 4 is 28.4 Å². The first-order chi connectivity index (χ1) is 15.4. The Morgan fingerprint density at radius 1 is 1.19 bits per heavy atom. The van der Waals surface area contributed by atoms with Gasteiger partial charge >= 0.3 is 0 Å². The predicted molar refractivity (Wildman–Crippen MR) is 121 cm³/mol. The summed E-state index contributed by atoms with van der Waals surface area (Å²) in [6.45, 7) is 2.22. The number of halogens is 1. The van der Waals surface area contributed by atoms with Gasteiger partial charge in [-0.1, -0.05) is 31.0 Å². The average molecular weight is 454 g/mol. The summed E-state index contributed by atoms with van der Waals surface area (Å²) < 4.78 is 30.4. The molecule has 0 bridgehead atoms. The minimum Gasteiger partial charge on any atom is -0.511 e. The van der Waals surface area contributed by atoms with E-state index < -0.39 is 11.0 Å². The topological polar surface area (TPSA) is 82.0 Å². The van der Waals surface area contributed by atoms with E-state index in [1.807, 2.05) is 19.1 Å². The van der Waals surface area contributed by atoms with Crippen molar-refractivity contribution in [2.24, 2.45) is 10.3 Å². The molecule has 2 N–H and O–H groups in total. The third kappa shape index (κ3) is 3.62. The summed E-state index contributed by atoms with van der Waals surface area (Å²) in [5.74, 6) is -0.725. The number of nitrogens with one attached hydrogen (secondary N) is 1. The first-order valence-corrected chi connectivity index (χ1v) is 11.9. The molecule has 3 unspecified atom stereocenters. The highest BCUT2D eigenvalue weighted by Crippen LogP contribution is 2.40. The maximum absolute atomic E-state index is 13.6. The third-order valence-electron chi connectivity index (χ3n) is 6.47. The van der Waals surface area contributed by atoms with Crippen molar-refractivity contribution in [3.05, 3.63) is 70.7 Å². The van der Waals surface area contributed by atoms with Gasteiger partial charge in [-0.3, -0.25) is 4.79 Å². The van der Waals surface area contributed by atoms with Crippen molar-refractivity contribution < 1.29 is 18.5 Å². The highest BCUT2D eigenvalue weighted by Gasteiger charge is 2.45. The maximum Gasteiger partial charge on any atom is 0.261 e. The molecule has 0 spiro atoms. The molecule has 32 heavy (non-hydrogen) atoms. The molecule has 5 rings (SSSR count). The van der Waals surface area contributed by atoms with Gasteiger partial charge in [-0.15, -0.1) is 0 Å². The van der Waals surface area contributed by atoms with Gasteiger partial charge in [-0.2, -0.15) is 4.40 Å². The maximum atomic E-state index is 13.6. The van der Waals surface area contributed by atoms with E-state index in [4.69, 9.17) is 0 Å². The SMILES string of the molecule is Cc1ccc2c(c1)S(=O)N=C(C1=C(O)C3CCCCC3N(Cc3ccc(F)cc3)C1=O)N2. The highest BCUT2D eigenvalue weighted by molar-refractivity contribution is 7.84. The average Bonchev–Trinajstić information content (AvgIpc) is 2.78. The molecule has 3 aliphatic rings. The van der Waals surface area contributed by atoms with E-state index >= 15 is 0 Å². The molecule has 0 radical (unpaired) electrons. The van der Waals surface area contributed by atoms with Gasteiger partial charge in [0, 0.05) is 18.5 Å². The van der Waals surface area contributed by atoms with Crippen molar-refractivity contribution in [2.75, 3.05) is 5.32 Å². The number of fused-ring (bicyclic) bond motifs is 2. The quantitative estimate of drug-likeness (QED) is 0.722. The minimum atomic E-state index is -1.68. The lowest BCUT2D eigenvalue weighted by Crippen LogP contribution is -2.52. The van der Waals surface area contributed by atoms with Crippen molar-refractivity contribution in [3.8, 4) is 0 Å². The Hall–Kier alpha value is -3.00. The van der Waals surface area contributed by atoms with Crippen LogP contribution in [0.25, 0.3) is 0 Å². The van der Waals surface area contributed by atoms with Crippen molar-refractivity contribution in [1.82, 2.24) is 4.90 Å². The number of hydrogen-bond donors (Lipinski definition) is 2. The lowest BCUT2D eigenvalue weighted by molar-refractivity contribution is -0.133. The molecule has 166 valence electrons. The van der Waals surface area contributed by atoms with Gasteiger partial charge in [0.05, 0.1) is 10.6 Å². The van der Waals surface area contributed by atoms with Gasteiger partial charge in [-0.25, -0.2) is 8.60 Å². The monoisotopic (exact) mass is 453 g/mol. The summed E-state index contributed by atoms with van der Waals surface area (Å²) in [5.41, 5.74) is 2.47. The Balaban J connectivity index is 1.54. The second-order valence-corrected chi connectivity index (χ2v) is 9.71. The van der Waals surface area contributed by atoms with Crippen LogP contribution in [0, 0.1) is 18.7 Å². The van der Waals surface area contributed by atoms with Crippen LogP contribution in [-0.2, 0) is 22.3 Å². The van der Waals surface area contributed by atoms with Crippen LogP contribution in [0.5, 0.6) is 0 Å². The molecule has 8 heteroatoms. The first kappa shape index (κ1) is 20.9. The summed E-state index contributed by atoms with van der Waals surface area (Å²) in [6.07, 6.45) is 3.50. The van der Waals surface area contributed by atoms with E-state index in [9.17, 15) is 18.5 Å². The number of carbonyl (C=O) groups is 1. The molecular weight excluding hydrogens is 429 g/mol. The number of aryl methyl sites for hydroxylation is 1. The molecule has 0 aromatic heterocycles. The van der Waals surface area contributed by atoms with Crippen molar-refractivity contribution in [3.63, 3.8) is 0 Å². The van der Waals surface area contributed by atoms with E-state index in [0.717, 1.165) is 36.8 Å². The van der Waals surface area contributed by atoms with Crippen LogP contribution in [0.15, 0.2) is 63.1 Å². The summed E-state index contributed by atoms with van der Waals surface area (Å²) in [5, 5.41) is 14.3. The van der Waals surface area contributed by atoms with Gasteiger partial charge in [0.25, 0.3) is 5.91 Å². The number of carbonyl (C=O) groups excluding carboxylic acids is 1. The van der Waals surface area contributed by atoms with E-state index in [0.29, 0.717) is 17.1 Å². The molecule has 2 aliphatic heterocycles. The van der Waals surface area contributed by atoms with Crippen LogP contribution in [0.1, 0.15) is 36.8 Å². The van der Waals surface area contributed by atoms with E-state index in [1.54, 1.807) is 23.1 Å². The smallest absolute Gasteiger partial charge is 0.261 e. The highest BCUT2D eigenvalue weighted by atomic mass is 32.2. The van der Waals surface area contributed by atoms with Gasteiger partial charge in [0.2, 0.25) is 0 Å². The number of anilines is 1. The van der Waals surface area contributed by atoms with Crippen molar-refractivity contribution in [1.29, 1.82) is 0 Å². The van der Waals surface area contributed by atoms with Crippen LogP contribution in [0.3, 0.4) is 0 Å². The Labute approximate surface area is 188 Å². The van der Waals surface area contributed by atoms with Crippen LogP contribution in [0.4, 0.5) is 10.1 Å². The number of rotatable bonds is 3. The van der Waals surface area contributed by atoms with E-state index in [1.165, 1.54) is 12.1 Å². The molecule has 2 aromatic rings. The van der Waals surface area contributed by atoms with Crippen LogP contribution < -0.4 is 5.32 Å². The minimum absolute atomic E-state index is 0.0221.